The van der Waals surface area contributed by atoms with Crippen LogP contribution in [0.2, 0.25) is 0 Å². The summed E-state index contributed by atoms with van der Waals surface area (Å²) in [7, 11) is -4.13. The van der Waals surface area contributed by atoms with Crippen molar-refractivity contribution < 1.29 is 13.0 Å². The van der Waals surface area contributed by atoms with Crippen molar-refractivity contribution in [2.45, 2.75) is 4.90 Å². The number of anilines is 1. The van der Waals surface area contributed by atoms with Gasteiger partial charge in [-0.1, -0.05) is 54.6 Å². The van der Waals surface area contributed by atoms with E-state index in [4.69, 9.17) is 10.4 Å². The molecule has 0 aliphatic carbocycles. The lowest BCUT2D eigenvalue weighted by molar-refractivity contribution is 0.484. The molecule has 0 radical (unpaired) electrons. The second-order valence-corrected chi connectivity index (χ2v) is 5.85. The number of fused-ring (bicyclic) bond motifs is 1. The lowest BCUT2D eigenvalue weighted by Crippen LogP contribution is -2.05. The second kappa shape index (κ2) is 7.04. The van der Waals surface area contributed by atoms with Crippen LogP contribution in [-0.4, -0.2) is 13.0 Å². The predicted octanol–water partition coefficient (Wildman–Crippen LogP) is 3.06. The number of rotatable bonds is 2. The largest absolute Gasteiger partial charge is 0.324 e. The number of hydrazine groups is 1. The summed E-state index contributed by atoms with van der Waals surface area (Å²) in [5.74, 6) is 5.10. The first kappa shape index (κ1) is 16.0. The molecule has 0 heterocycles. The van der Waals surface area contributed by atoms with E-state index in [0.29, 0.717) is 5.39 Å². The summed E-state index contributed by atoms with van der Waals surface area (Å²) < 4.78 is 31.0. The maximum Gasteiger partial charge on any atom is 0.295 e. The molecular weight excluding hydrogens is 300 g/mol. The van der Waals surface area contributed by atoms with Crippen LogP contribution in [0, 0.1) is 0 Å². The maximum atomic E-state index is 11.0. The maximum absolute atomic E-state index is 11.0. The number of hydrogen-bond donors (Lipinski definition) is 3. The van der Waals surface area contributed by atoms with Gasteiger partial charge in [0.25, 0.3) is 10.1 Å². The van der Waals surface area contributed by atoms with E-state index in [1.54, 1.807) is 30.3 Å². The Kier molecular flexibility index (Phi) is 5.11. The van der Waals surface area contributed by atoms with E-state index in [-0.39, 0.29) is 4.90 Å². The van der Waals surface area contributed by atoms with Crippen LogP contribution in [0.25, 0.3) is 10.8 Å². The zero-order valence-electron chi connectivity index (χ0n) is 11.7. The summed E-state index contributed by atoms with van der Waals surface area (Å²) in [5.41, 5.74) is 3.46. The van der Waals surface area contributed by atoms with E-state index in [1.807, 2.05) is 36.4 Å². The fourth-order valence-electron chi connectivity index (χ4n) is 1.96. The highest BCUT2D eigenvalue weighted by Crippen LogP contribution is 2.21. The summed E-state index contributed by atoms with van der Waals surface area (Å²) in [4.78, 5) is -0.0457. The summed E-state index contributed by atoms with van der Waals surface area (Å²) in [6, 6.07) is 21.4. The topological polar surface area (TPSA) is 92.4 Å². The van der Waals surface area contributed by atoms with Crippen LogP contribution >= 0.6 is 0 Å². The summed E-state index contributed by atoms with van der Waals surface area (Å²) in [6.45, 7) is 0. The van der Waals surface area contributed by atoms with Gasteiger partial charge in [0.05, 0.1) is 0 Å². The lowest BCUT2D eigenvalue weighted by Gasteiger charge is -2.02. The quantitative estimate of drug-likeness (QED) is 0.384. The average molecular weight is 316 g/mol. The van der Waals surface area contributed by atoms with Gasteiger partial charge in [0.1, 0.15) is 4.90 Å². The minimum atomic E-state index is -4.13. The number of nitrogens with two attached hydrogens (primary N) is 1. The summed E-state index contributed by atoms with van der Waals surface area (Å²) in [5, 5.41) is 1.33. The van der Waals surface area contributed by atoms with Gasteiger partial charge in [-0.05, 0) is 23.6 Å². The molecule has 0 saturated heterocycles. The van der Waals surface area contributed by atoms with E-state index >= 15 is 0 Å². The third-order valence-corrected chi connectivity index (χ3v) is 3.88. The van der Waals surface area contributed by atoms with Gasteiger partial charge >= 0.3 is 0 Å². The van der Waals surface area contributed by atoms with E-state index in [1.165, 1.54) is 6.07 Å². The van der Waals surface area contributed by atoms with Gasteiger partial charge in [-0.2, -0.15) is 8.42 Å². The molecule has 0 saturated carbocycles. The van der Waals surface area contributed by atoms with Crippen LogP contribution < -0.4 is 11.3 Å². The molecule has 0 unspecified atom stereocenters. The molecule has 0 aliphatic rings. The molecule has 0 aliphatic heterocycles. The number of hydrogen-bond acceptors (Lipinski definition) is 4. The van der Waals surface area contributed by atoms with Gasteiger partial charge in [-0.25, -0.2) is 0 Å². The Morgan fingerprint density at radius 2 is 1.41 bits per heavy atom. The molecule has 5 nitrogen and oxygen atoms in total. The number of nitrogen functional groups attached to an aromatic ring is 1. The molecule has 3 rings (SSSR count). The van der Waals surface area contributed by atoms with Crippen molar-refractivity contribution in [3.05, 3.63) is 72.8 Å². The average Bonchev–Trinajstić information content (AvgIpc) is 2.55. The molecule has 0 bridgehead atoms. The Balaban J connectivity index is 0.000000188. The Morgan fingerprint density at radius 1 is 0.818 bits per heavy atom. The zero-order chi connectivity index (χ0) is 16.0. The van der Waals surface area contributed by atoms with Gasteiger partial charge in [-0.3, -0.25) is 10.4 Å². The lowest BCUT2D eigenvalue weighted by atomic mass is 10.1. The molecule has 0 aromatic heterocycles. The first-order chi connectivity index (χ1) is 10.5. The molecule has 0 amide bonds. The van der Waals surface area contributed by atoms with E-state index in [9.17, 15) is 8.42 Å². The molecule has 3 aromatic carbocycles. The highest BCUT2D eigenvalue weighted by molar-refractivity contribution is 7.86. The minimum absolute atomic E-state index is 0.0457. The van der Waals surface area contributed by atoms with Gasteiger partial charge in [0.15, 0.2) is 0 Å². The van der Waals surface area contributed by atoms with Crippen molar-refractivity contribution in [1.82, 2.24) is 0 Å². The summed E-state index contributed by atoms with van der Waals surface area (Å²) >= 11 is 0. The number of para-hydroxylation sites is 1. The molecule has 114 valence electrons. The molecular formula is C16H16N2O3S. The highest BCUT2D eigenvalue weighted by Gasteiger charge is 2.12. The first-order valence-electron chi connectivity index (χ1n) is 6.49. The third kappa shape index (κ3) is 4.05. The van der Waals surface area contributed by atoms with Crippen molar-refractivity contribution >= 4 is 26.6 Å². The summed E-state index contributed by atoms with van der Waals surface area (Å²) in [6.07, 6.45) is 0. The first-order valence-corrected chi connectivity index (χ1v) is 7.93. The van der Waals surface area contributed by atoms with Crippen molar-refractivity contribution in [2.24, 2.45) is 5.84 Å². The molecule has 0 fully saturated rings. The number of nitrogens with one attached hydrogen (secondary N) is 1. The van der Waals surface area contributed by atoms with Crippen molar-refractivity contribution in [3.8, 4) is 0 Å². The van der Waals surface area contributed by atoms with Gasteiger partial charge in [-0.15, -0.1) is 0 Å². The van der Waals surface area contributed by atoms with Crippen LogP contribution in [0.4, 0.5) is 5.69 Å². The van der Waals surface area contributed by atoms with Crippen molar-refractivity contribution in [3.63, 3.8) is 0 Å². The normalized spacial score (nSPS) is 10.6. The smallest absolute Gasteiger partial charge is 0.295 e. The monoisotopic (exact) mass is 316 g/mol. The molecule has 4 N–H and O–H groups in total. The van der Waals surface area contributed by atoms with Crippen LogP contribution in [0.1, 0.15) is 0 Å². The van der Waals surface area contributed by atoms with Crippen molar-refractivity contribution in [1.29, 1.82) is 0 Å². The molecule has 22 heavy (non-hydrogen) atoms. The van der Waals surface area contributed by atoms with Gasteiger partial charge in [0.2, 0.25) is 0 Å². The van der Waals surface area contributed by atoms with E-state index in [0.717, 1.165) is 11.1 Å². The minimum Gasteiger partial charge on any atom is -0.324 e. The fourth-order valence-corrected chi connectivity index (χ4v) is 2.67. The Hall–Kier alpha value is -2.41. The van der Waals surface area contributed by atoms with Crippen LogP contribution in [0.3, 0.4) is 0 Å². The molecule has 3 aromatic rings. The zero-order valence-corrected chi connectivity index (χ0v) is 12.5. The second-order valence-electron chi connectivity index (χ2n) is 4.46. The Labute approximate surface area is 129 Å². The molecule has 6 heteroatoms. The fraction of sp³-hybridized carbons (Fsp3) is 0. The van der Waals surface area contributed by atoms with Crippen molar-refractivity contribution in [2.75, 3.05) is 5.43 Å². The molecule has 0 spiro atoms. The van der Waals surface area contributed by atoms with E-state index in [2.05, 4.69) is 5.43 Å². The van der Waals surface area contributed by atoms with Gasteiger partial charge < -0.3 is 5.43 Å². The van der Waals surface area contributed by atoms with E-state index < -0.39 is 10.1 Å². The van der Waals surface area contributed by atoms with Crippen LogP contribution in [-0.2, 0) is 10.1 Å². The van der Waals surface area contributed by atoms with Gasteiger partial charge in [0, 0.05) is 11.1 Å². The Morgan fingerprint density at radius 3 is 2.00 bits per heavy atom. The highest BCUT2D eigenvalue weighted by atomic mass is 32.2. The number of benzene rings is 3. The Bertz CT molecular complexity index is 844. The van der Waals surface area contributed by atoms with Crippen LogP contribution in [0.5, 0.6) is 0 Å². The molecule has 0 atom stereocenters. The predicted molar refractivity (Wildman–Crippen MR) is 88.0 cm³/mol. The standard InChI is InChI=1S/C10H8O3S.C6H8N2/c11-14(12,13)10-7-3-5-8-4-1-2-6-9(8)10;7-8-6-4-2-1-3-5-6/h1-7H,(H,11,12,13);1-5,8H,7H2. The van der Waals surface area contributed by atoms with Crippen LogP contribution in [0.15, 0.2) is 77.7 Å². The third-order valence-electron chi connectivity index (χ3n) is 2.97. The SMILES string of the molecule is NNc1ccccc1.O=S(=O)(O)c1cccc2ccccc12.